The van der Waals surface area contributed by atoms with Gasteiger partial charge in [-0.3, -0.25) is 9.59 Å². The third-order valence-corrected chi connectivity index (χ3v) is 21.6. The predicted molar refractivity (Wildman–Crippen MR) is 232 cm³/mol. The Morgan fingerprint density at radius 1 is 0.950 bits per heavy atom. The highest BCUT2D eigenvalue weighted by molar-refractivity contribution is 8.76. The van der Waals surface area contributed by atoms with Gasteiger partial charge in [-0.25, -0.2) is 0 Å². The molecule has 1 aromatic rings. The van der Waals surface area contributed by atoms with Crippen LogP contribution in [0.25, 0.3) is 0 Å². The maximum Gasteiger partial charge on any atom is 0.233 e. The zero-order valence-electron chi connectivity index (χ0n) is 35.6. The Balaban J connectivity index is 1.15. The standard InChI is InChI=1S/C48H65NO9S2/c1-26(2)27(3)39-40(58-39)47(56)13-7-9-29-20-33-34-22-38(53)46(24-36(52)35(51)23-43(33,46)4)42(55)60-59-25-30-8-5-6-12-44(30)16-17-49(41(44)54)31-18-28(19-32(50)21-31)10-14-45(29)37(47)11-15-48(34,45)57/h7,9,18-19,21-22,26-27,29-30,33,35-37,39-40,42,50-52,55-57H,5-6,8,10-17,20,23-25H2,1-4H3. The second kappa shape index (κ2) is 14.3. The van der Waals surface area contributed by atoms with Crippen LogP contribution in [-0.2, 0) is 20.7 Å². The number of allylic oxidation sites excluding steroid dienone is 2. The monoisotopic (exact) mass is 863 g/mol. The Labute approximate surface area is 362 Å². The number of ketones is 1. The second-order valence-electron chi connectivity index (χ2n) is 21.4. The Morgan fingerprint density at radius 2 is 1.73 bits per heavy atom. The summed E-state index contributed by atoms with van der Waals surface area (Å²) in [7, 11) is 2.76. The number of fused-ring (bicyclic) bond motifs is 1. The van der Waals surface area contributed by atoms with Crippen molar-refractivity contribution in [2.45, 2.75) is 152 Å². The summed E-state index contributed by atoms with van der Waals surface area (Å²) in [6, 6.07) is 5.49. The van der Waals surface area contributed by atoms with Gasteiger partial charge in [0.05, 0.1) is 34.7 Å². The number of ether oxygens (including phenoxy) is 1. The van der Waals surface area contributed by atoms with Crippen molar-refractivity contribution >= 4 is 39.0 Å². The number of phenols is 1. The summed E-state index contributed by atoms with van der Waals surface area (Å²) in [6.45, 7) is 9.07. The van der Waals surface area contributed by atoms with Crippen molar-refractivity contribution in [3.63, 3.8) is 0 Å². The first kappa shape index (κ1) is 42.1. The van der Waals surface area contributed by atoms with Gasteiger partial charge in [-0.15, -0.1) is 0 Å². The smallest absolute Gasteiger partial charge is 0.233 e. The Morgan fingerprint density at radius 3 is 2.52 bits per heavy atom. The van der Waals surface area contributed by atoms with E-state index in [0.717, 1.165) is 31.2 Å². The zero-order valence-corrected chi connectivity index (χ0v) is 37.2. The number of carbonyl (C=O) groups is 2. The summed E-state index contributed by atoms with van der Waals surface area (Å²) in [6.07, 6.45) is 10.1. The molecule has 2 saturated heterocycles. The number of epoxide rings is 1. The van der Waals surface area contributed by atoms with E-state index in [4.69, 9.17) is 4.74 Å². The minimum absolute atomic E-state index is 0.0687. The topological polar surface area (TPSA) is 171 Å². The number of aliphatic hydroxyl groups excluding tert-OH is 3. The van der Waals surface area contributed by atoms with Crippen molar-refractivity contribution in [2.24, 2.45) is 57.2 Å². The molecule has 1 aromatic carbocycles. The van der Waals surface area contributed by atoms with Crippen LogP contribution in [0.3, 0.4) is 0 Å². The summed E-state index contributed by atoms with van der Waals surface area (Å²) < 4.78 is 6.47. The van der Waals surface area contributed by atoms with Crippen LogP contribution >= 0.6 is 21.6 Å². The van der Waals surface area contributed by atoms with Gasteiger partial charge in [0.25, 0.3) is 0 Å². The number of aryl methyl sites for hydroxylation is 1. The number of hydrogen-bond acceptors (Lipinski definition) is 11. The van der Waals surface area contributed by atoms with E-state index >= 15 is 4.79 Å². The summed E-state index contributed by atoms with van der Waals surface area (Å²) in [4.78, 5) is 31.9. The highest BCUT2D eigenvalue weighted by Crippen LogP contribution is 2.76. The molecule has 328 valence electrons. The highest BCUT2D eigenvalue weighted by Gasteiger charge is 2.78. The van der Waals surface area contributed by atoms with Gasteiger partial charge in [-0.05, 0) is 135 Å². The van der Waals surface area contributed by atoms with Gasteiger partial charge in [0, 0.05) is 35.4 Å². The molecule has 6 N–H and O–H groups in total. The van der Waals surface area contributed by atoms with Crippen LogP contribution in [0.15, 0.2) is 42.0 Å². The van der Waals surface area contributed by atoms with Crippen molar-refractivity contribution in [3.05, 3.63) is 47.6 Å². The van der Waals surface area contributed by atoms with Crippen LogP contribution in [0.2, 0.25) is 0 Å². The molecule has 3 spiro atoms. The van der Waals surface area contributed by atoms with Crippen molar-refractivity contribution in [3.8, 4) is 5.75 Å². The highest BCUT2D eigenvalue weighted by atomic mass is 33.1. The van der Waals surface area contributed by atoms with Crippen LogP contribution in [0.5, 0.6) is 5.75 Å². The molecule has 12 rings (SSSR count). The molecule has 6 fully saturated rings. The van der Waals surface area contributed by atoms with Crippen LogP contribution in [-0.4, -0.2) is 95.7 Å². The first-order valence-corrected chi connectivity index (χ1v) is 25.4. The summed E-state index contributed by atoms with van der Waals surface area (Å²) in [5.41, 5.74) is -5.84. The van der Waals surface area contributed by atoms with Crippen molar-refractivity contribution in [1.29, 1.82) is 0 Å². The van der Waals surface area contributed by atoms with E-state index in [9.17, 15) is 35.4 Å². The van der Waals surface area contributed by atoms with Crippen molar-refractivity contribution in [2.75, 3.05) is 17.2 Å². The molecule has 60 heavy (non-hydrogen) atoms. The van der Waals surface area contributed by atoms with Crippen molar-refractivity contribution < 1.29 is 45.0 Å². The van der Waals surface area contributed by atoms with Gasteiger partial charge in [0.1, 0.15) is 22.9 Å². The minimum Gasteiger partial charge on any atom is -0.508 e. The normalized spacial score (nSPS) is 49.0. The fourth-order valence-electron chi connectivity index (χ4n) is 15.3. The first-order chi connectivity index (χ1) is 28.5. The minimum atomic E-state index is -1.53. The summed E-state index contributed by atoms with van der Waals surface area (Å²) in [5, 5.41) is 73.9. The molecule has 5 aliphatic heterocycles. The van der Waals surface area contributed by atoms with Gasteiger partial charge in [-0.1, -0.05) is 74.3 Å². The van der Waals surface area contributed by atoms with Crippen LogP contribution in [0, 0.1) is 57.2 Å². The van der Waals surface area contributed by atoms with E-state index in [1.807, 2.05) is 17.9 Å². The van der Waals surface area contributed by atoms with Gasteiger partial charge in [0.15, 0.2) is 5.78 Å². The Bertz CT molecular complexity index is 2010. The molecule has 16 atom stereocenters. The molecule has 0 aromatic heterocycles. The van der Waals surface area contributed by atoms with Gasteiger partial charge in [0.2, 0.25) is 5.91 Å². The van der Waals surface area contributed by atoms with E-state index in [0.29, 0.717) is 74.4 Å². The zero-order chi connectivity index (χ0) is 42.4. The van der Waals surface area contributed by atoms with E-state index in [-0.39, 0.29) is 54.1 Å². The molecule has 8 bridgehead atoms. The fourth-order valence-corrected chi connectivity index (χ4v) is 18.5. The maximum atomic E-state index is 15.3. The lowest BCUT2D eigenvalue weighted by atomic mass is 9.39. The second-order valence-corrected chi connectivity index (χ2v) is 23.9. The number of aliphatic hydroxyl groups is 5. The molecule has 1 amide bonds. The Hall–Kier alpha value is -1.90. The average molecular weight is 864 g/mol. The summed E-state index contributed by atoms with van der Waals surface area (Å²) >= 11 is 0. The third-order valence-electron chi connectivity index (χ3n) is 18.9. The molecular formula is C48H65NO9S2. The van der Waals surface area contributed by atoms with E-state index in [2.05, 4.69) is 32.9 Å². The number of rotatable bonds is 3. The van der Waals surface area contributed by atoms with Gasteiger partial charge < -0.3 is 40.3 Å². The van der Waals surface area contributed by atoms with Gasteiger partial charge >= 0.3 is 0 Å². The SMILES string of the molecule is CC(C)C(C)C1OC1C1(O)CC=CC2CC3C4=CC(=O)C5(CC(O)C(O)CC35C)C(O)SSCC3CCCCC35CCN(C5=O)c3cc(O)cc(c3)CCC23C1CCC43O. The maximum absolute atomic E-state index is 15.3. The van der Waals surface area contributed by atoms with E-state index in [1.165, 1.54) is 21.6 Å². The fraction of sp³-hybridized carbons (Fsp3) is 0.750. The van der Waals surface area contributed by atoms with Crippen LogP contribution in [0.1, 0.15) is 110 Å². The van der Waals surface area contributed by atoms with Crippen molar-refractivity contribution in [1.82, 2.24) is 0 Å². The Kier molecular flexibility index (Phi) is 10.0. The number of benzene rings is 1. The lowest BCUT2D eigenvalue weighted by molar-refractivity contribution is -0.206. The summed E-state index contributed by atoms with van der Waals surface area (Å²) in [5.74, 6) is 0.0438. The predicted octanol–water partition coefficient (Wildman–Crippen LogP) is 6.48. The lowest BCUT2D eigenvalue weighted by Gasteiger charge is -2.66. The lowest BCUT2D eigenvalue weighted by Crippen LogP contribution is -2.70. The quantitative estimate of drug-likeness (QED) is 0.112. The molecule has 0 radical (unpaired) electrons. The number of hydrogen-bond donors (Lipinski definition) is 6. The molecule has 12 heteroatoms. The van der Waals surface area contributed by atoms with E-state index < -0.39 is 68.4 Å². The molecule has 16 unspecified atom stereocenters. The largest absolute Gasteiger partial charge is 0.508 e. The molecule has 5 heterocycles. The number of amides is 1. The third kappa shape index (κ3) is 5.56. The number of carbonyl (C=O) groups excluding carboxylic acids is 2. The molecular weight excluding hydrogens is 799 g/mol. The number of anilines is 1. The van der Waals surface area contributed by atoms with E-state index in [1.54, 1.807) is 18.2 Å². The van der Waals surface area contributed by atoms with Crippen LogP contribution in [0.4, 0.5) is 5.69 Å². The molecule has 4 saturated carbocycles. The van der Waals surface area contributed by atoms with Crippen LogP contribution < -0.4 is 4.90 Å². The number of aromatic hydroxyl groups is 1. The van der Waals surface area contributed by atoms with Gasteiger partial charge in [-0.2, -0.15) is 0 Å². The number of phenolic OH excluding ortho intramolecular Hbond substituents is 1. The molecule has 11 aliphatic rings. The molecule has 10 nitrogen and oxygen atoms in total. The molecule has 6 aliphatic carbocycles. The number of nitrogens with zero attached hydrogens (tertiary/aromatic N) is 1. The average Bonchev–Trinajstić information content (AvgIpc) is 3.89. The first-order valence-electron chi connectivity index (χ1n) is 23.0.